The Bertz CT molecular complexity index is 626. The van der Waals surface area contributed by atoms with Crippen molar-refractivity contribution in [2.24, 2.45) is 0 Å². The number of nitrogens with one attached hydrogen (secondary N) is 1. The lowest BCUT2D eigenvalue weighted by Gasteiger charge is -2.25. The van der Waals surface area contributed by atoms with Gasteiger partial charge in [-0.1, -0.05) is 0 Å². The third kappa shape index (κ3) is 3.33. The van der Waals surface area contributed by atoms with Crippen LogP contribution in [0.1, 0.15) is 41.0 Å². The maximum atomic E-state index is 12.2. The van der Waals surface area contributed by atoms with Crippen molar-refractivity contribution in [3.8, 4) is 11.5 Å². The molecule has 6 heteroatoms. The van der Waals surface area contributed by atoms with Crippen molar-refractivity contribution in [1.29, 1.82) is 0 Å². The van der Waals surface area contributed by atoms with Crippen LogP contribution in [0.4, 0.5) is 0 Å². The zero-order valence-corrected chi connectivity index (χ0v) is 12.7. The molecule has 0 radical (unpaired) electrons. The van der Waals surface area contributed by atoms with Crippen LogP contribution in [0.5, 0.6) is 0 Å². The normalized spacial score (nSPS) is 22.2. The van der Waals surface area contributed by atoms with Gasteiger partial charge < -0.3 is 14.8 Å². The largest absolute Gasteiger partial charge is 0.462 e. The number of nitrogens with zero attached hydrogens (tertiary/aromatic N) is 1. The third-order valence-electron chi connectivity index (χ3n) is 3.77. The Morgan fingerprint density at radius 1 is 1.43 bits per heavy atom. The first-order chi connectivity index (χ1) is 10.1. The summed E-state index contributed by atoms with van der Waals surface area (Å²) in [6.07, 6.45) is 4.40. The lowest BCUT2D eigenvalue weighted by atomic mass is 9.93. The Kier molecular flexibility index (Phi) is 4.07. The van der Waals surface area contributed by atoms with Crippen LogP contribution in [0.3, 0.4) is 0 Å². The van der Waals surface area contributed by atoms with Crippen LogP contribution in [-0.2, 0) is 0 Å². The lowest BCUT2D eigenvalue weighted by molar-refractivity contribution is 0.0867. The number of furan rings is 1. The van der Waals surface area contributed by atoms with Gasteiger partial charge in [0.25, 0.3) is 5.91 Å². The number of aliphatic hydroxyl groups excluding tert-OH is 1. The number of amides is 1. The average Bonchev–Trinajstić information content (AvgIpc) is 3.10. The predicted molar refractivity (Wildman–Crippen MR) is 80.3 cm³/mol. The first kappa shape index (κ1) is 14.3. The average molecular weight is 306 g/mol. The van der Waals surface area contributed by atoms with Gasteiger partial charge in [0.2, 0.25) is 0 Å². The zero-order chi connectivity index (χ0) is 14.8. The predicted octanol–water partition coefficient (Wildman–Crippen LogP) is 2.74. The van der Waals surface area contributed by atoms with Gasteiger partial charge in [-0.2, -0.15) is 0 Å². The monoisotopic (exact) mass is 306 g/mol. The van der Waals surface area contributed by atoms with Crippen LogP contribution in [-0.4, -0.2) is 28.1 Å². The van der Waals surface area contributed by atoms with Gasteiger partial charge in [-0.05, 0) is 38.7 Å². The van der Waals surface area contributed by atoms with Gasteiger partial charge in [-0.25, -0.2) is 4.98 Å². The van der Waals surface area contributed by atoms with Gasteiger partial charge in [0.05, 0.1) is 16.7 Å². The van der Waals surface area contributed by atoms with Crippen molar-refractivity contribution in [2.75, 3.05) is 0 Å². The second-order valence-electron chi connectivity index (χ2n) is 5.43. The molecule has 2 aromatic heterocycles. The number of hydrogen-bond acceptors (Lipinski definition) is 5. The van der Waals surface area contributed by atoms with Crippen LogP contribution < -0.4 is 5.32 Å². The van der Waals surface area contributed by atoms with Gasteiger partial charge in [-0.3, -0.25) is 4.79 Å². The van der Waals surface area contributed by atoms with E-state index in [4.69, 9.17) is 4.42 Å². The van der Waals surface area contributed by atoms with Crippen LogP contribution in [0.2, 0.25) is 0 Å². The van der Waals surface area contributed by atoms with E-state index in [0.29, 0.717) is 11.3 Å². The van der Waals surface area contributed by atoms with E-state index in [1.807, 2.05) is 12.3 Å². The van der Waals surface area contributed by atoms with E-state index in [-0.39, 0.29) is 18.1 Å². The number of aliphatic hydroxyl groups is 1. The van der Waals surface area contributed by atoms with Crippen molar-refractivity contribution in [3.05, 3.63) is 28.3 Å². The minimum atomic E-state index is -0.216. The van der Waals surface area contributed by atoms with Crippen LogP contribution in [0.15, 0.2) is 22.1 Å². The van der Waals surface area contributed by atoms with Gasteiger partial charge in [0, 0.05) is 11.4 Å². The SMILES string of the molecule is Cc1nc(-c2cc(C(=O)NC3CCC(O)CC3)co2)cs1. The molecule has 0 aliphatic heterocycles. The Balaban J connectivity index is 1.64. The van der Waals surface area contributed by atoms with E-state index >= 15 is 0 Å². The summed E-state index contributed by atoms with van der Waals surface area (Å²) in [4.78, 5) is 16.5. The molecule has 112 valence electrons. The number of thiazole rings is 1. The number of carbonyl (C=O) groups excluding carboxylic acids is 1. The molecule has 2 N–H and O–H groups in total. The molecule has 2 aromatic rings. The standard InChI is InChI=1S/C15H18N2O3S/c1-9-16-13(8-21-9)14-6-10(7-20-14)15(19)17-11-2-4-12(18)5-3-11/h6-8,11-12,18H,2-5H2,1H3,(H,17,19). The summed E-state index contributed by atoms with van der Waals surface area (Å²) in [5.41, 5.74) is 1.28. The fraction of sp³-hybridized carbons (Fsp3) is 0.467. The van der Waals surface area contributed by atoms with Crippen molar-refractivity contribution in [3.63, 3.8) is 0 Å². The summed E-state index contributed by atoms with van der Waals surface area (Å²) in [5.74, 6) is 0.488. The molecule has 5 nitrogen and oxygen atoms in total. The van der Waals surface area contributed by atoms with Crippen molar-refractivity contribution < 1.29 is 14.3 Å². The summed E-state index contributed by atoms with van der Waals surface area (Å²) in [7, 11) is 0. The topological polar surface area (TPSA) is 75.4 Å². The first-order valence-electron chi connectivity index (χ1n) is 7.12. The molecule has 2 heterocycles. The molecule has 1 fully saturated rings. The Morgan fingerprint density at radius 2 is 2.19 bits per heavy atom. The summed E-state index contributed by atoms with van der Waals surface area (Å²) in [6, 6.07) is 1.86. The molecule has 0 saturated heterocycles. The Morgan fingerprint density at radius 3 is 2.86 bits per heavy atom. The molecule has 0 aromatic carbocycles. The van der Waals surface area contributed by atoms with Crippen molar-refractivity contribution >= 4 is 17.2 Å². The first-order valence-corrected chi connectivity index (χ1v) is 8.00. The second kappa shape index (κ2) is 5.99. The maximum absolute atomic E-state index is 12.2. The highest BCUT2D eigenvalue weighted by Crippen LogP contribution is 2.24. The fourth-order valence-corrected chi connectivity index (χ4v) is 3.16. The molecule has 1 aliphatic carbocycles. The Hall–Kier alpha value is -1.66. The second-order valence-corrected chi connectivity index (χ2v) is 6.49. The summed E-state index contributed by atoms with van der Waals surface area (Å²) < 4.78 is 5.43. The van der Waals surface area contributed by atoms with E-state index in [2.05, 4.69) is 10.3 Å². The molecule has 0 bridgehead atoms. The summed E-state index contributed by atoms with van der Waals surface area (Å²) in [6.45, 7) is 1.93. The molecule has 0 unspecified atom stereocenters. The highest BCUT2D eigenvalue weighted by molar-refractivity contribution is 7.09. The quantitative estimate of drug-likeness (QED) is 0.914. The zero-order valence-electron chi connectivity index (χ0n) is 11.8. The molecule has 1 amide bonds. The molecule has 1 aliphatic rings. The fourth-order valence-electron chi connectivity index (χ4n) is 2.56. The van der Waals surface area contributed by atoms with E-state index in [1.165, 1.54) is 6.26 Å². The van der Waals surface area contributed by atoms with Crippen LogP contribution in [0, 0.1) is 6.92 Å². The highest BCUT2D eigenvalue weighted by atomic mass is 32.1. The van der Waals surface area contributed by atoms with E-state index in [1.54, 1.807) is 17.4 Å². The van der Waals surface area contributed by atoms with E-state index in [0.717, 1.165) is 36.4 Å². The van der Waals surface area contributed by atoms with Crippen molar-refractivity contribution in [2.45, 2.75) is 44.8 Å². The number of aryl methyl sites for hydroxylation is 1. The molecule has 1 saturated carbocycles. The van der Waals surface area contributed by atoms with Crippen LogP contribution in [0.25, 0.3) is 11.5 Å². The summed E-state index contributed by atoms with van der Waals surface area (Å²) >= 11 is 1.55. The minimum Gasteiger partial charge on any atom is -0.462 e. The molecular formula is C15H18N2O3S. The van der Waals surface area contributed by atoms with Crippen molar-refractivity contribution in [1.82, 2.24) is 10.3 Å². The number of carbonyl (C=O) groups is 1. The molecule has 21 heavy (non-hydrogen) atoms. The minimum absolute atomic E-state index is 0.127. The third-order valence-corrected chi connectivity index (χ3v) is 4.54. The number of aromatic nitrogens is 1. The smallest absolute Gasteiger partial charge is 0.254 e. The summed E-state index contributed by atoms with van der Waals surface area (Å²) in [5, 5.41) is 15.4. The van der Waals surface area contributed by atoms with Gasteiger partial charge >= 0.3 is 0 Å². The van der Waals surface area contributed by atoms with E-state index < -0.39 is 0 Å². The van der Waals surface area contributed by atoms with E-state index in [9.17, 15) is 9.90 Å². The maximum Gasteiger partial charge on any atom is 0.254 e. The van der Waals surface area contributed by atoms with Gasteiger partial charge in [0.15, 0.2) is 5.76 Å². The lowest BCUT2D eigenvalue weighted by Crippen LogP contribution is -2.38. The van der Waals surface area contributed by atoms with Crippen LogP contribution >= 0.6 is 11.3 Å². The Labute approximate surface area is 127 Å². The highest BCUT2D eigenvalue weighted by Gasteiger charge is 2.22. The molecule has 0 atom stereocenters. The molecular weight excluding hydrogens is 288 g/mol. The number of rotatable bonds is 3. The van der Waals surface area contributed by atoms with Gasteiger partial charge in [-0.15, -0.1) is 11.3 Å². The molecule has 3 rings (SSSR count). The number of hydrogen-bond donors (Lipinski definition) is 2. The molecule has 0 spiro atoms. The van der Waals surface area contributed by atoms with Gasteiger partial charge in [0.1, 0.15) is 12.0 Å².